The highest BCUT2D eigenvalue weighted by Gasteiger charge is 2.10. The Morgan fingerprint density at radius 2 is 1.95 bits per heavy atom. The van der Waals surface area contributed by atoms with Gasteiger partial charge in [-0.3, -0.25) is 0 Å². The number of amidine groups is 1. The molecule has 5 heteroatoms. The molecule has 21 heavy (non-hydrogen) atoms. The molecule has 0 bridgehead atoms. The average Bonchev–Trinajstić information content (AvgIpc) is 2.52. The molecule has 0 fully saturated rings. The van der Waals surface area contributed by atoms with Crippen molar-refractivity contribution < 1.29 is 9.60 Å². The maximum Gasteiger partial charge on any atom is 0.170 e. The molecule has 0 aliphatic heterocycles. The first-order valence-electron chi connectivity index (χ1n) is 6.64. The lowest BCUT2D eigenvalue weighted by molar-refractivity contribution is 0.318. The molecule has 0 aromatic heterocycles. The van der Waals surface area contributed by atoms with Crippen LogP contribution in [0.15, 0.2) is 53.7 Å². The predicted molar refractivity (Wildman–Crippen MR) is 82.3 cm³/mol. The van der Waals surface area contributed by atoms with Crippen LogP contribution in [0.2, 0.25) is 0 Å². The van der Waals surface area contributed by atoms with Crippen LogP contribution in [0, 0.1) is 5.82 Å². The Labute approximate surface area is 123 Å². The highest BCUT2D eigenvalue weighted by molar-refractivity contribution is 5.97. The summed E-state index contributed by atoms with van der Waals surface area (Å²) in [6.07, 6.45) is 0.832. The van der Waals surface area contributed by atoms with Crippen LogP contribution in [-0.2, 0) is 6.42 Å². The van der Waals surface area contributed by atoms with Gasteiger partial charge in [0.05, 0.1) is 5.69 Å². The average molecular weight is 287 g/mol. The van der Waals surface area contributed by atoms with E-state index in [1.165, 1.54) is 11.6 Å². The van der Waals surface area contributed by atoms with E-state index in [9.17, 15) is 4.39 Å². The first-order chi connectivity index (χ1) is 10.1. The highest BCUT2D eigenvalue weighted by atomic mass is 19.1. The van der Waals surface area contributed by atoms with Crippen molar-refractivity contribution in [2.24, 2.45) is 10.9 Å². The smallest absolute Gasteiger partial charge is 0.170 e. The van der Waals surface area contributed by atoms with Crippen LogP contribution < -0.4 is 10.6 Å². The maximum absolute atomic E-state index is 14.1. The number of halogens is 1. The Hall–Kier alpha value is -2.56. The molecule has 0 atom stereocenters. The molecule has 0 radical (unpaired) electrons. The van der Waals surface area contributed by atoms with Crippen molar-refractivity contribution >= 4 is 11.5 Å². The Kier molecular flexibility index (Phi) is 4.77. The summed E-state index contributed by atoms with van der Waals surface area (Å²) >= 11 is 0. The molecule has 0 aliphatic rings. The minimum Gasteiger partial charge on any atom is -0.409 e. The molecule has 0 amide bonds. The second-order valence-corrected chi connectivity index (χ2v) is 4.81. The topological polar surface area (TPSA) is 61.8 Å². The van der Waals surface area contributed by atoms with Gasteiger partial charge in [-0.2, -0.15) is 0 Å². The van der Waals surface area contributed by atoms with E-state index in [-0.39, 0.29) is 5.84 Å². The SMILES string of the molecule is CN(CCc1ccccc1)c1ccc(C(N)=NO)cc1F. The fourth-order valence-electron chi connectivity index (χ4n) is 2.10. The third-order valence-electron chi connectivity index (χ3n) is 3.34. The fourth-order valence-corrected chi connectivity index (χ4v) is 2.10. The van der Waals surface area contributed by atoms with E-state index >= 15 is 0 Å². The van der Waals surface area contributed by atoms with Crippen molar-refractivity contribution in [3.05, 3.63) is 65.5 Å². The molecule has 0 saturated heterocycles. The monoisotopic (exact) mass is 287 g/mol. The second-order valence-electron chi connectivity index (χ2n) is 4.81. The van der Waals surface area contributed by atoms with Crippen molar-refractivity contribution in [2.45, 2.75) is 6.42 Å². The van der Waals surface area contributed by atoms with Gasteiger partial charge in [-0.05, 0) is 30.2 Å². The van der Waals surface area contributed by atoms with Gasteiger partial charge in [-0.1, -0.05) is 35.5 Å². The summed E-state index contributed by atoms with van der Waals surface area (Å²) in [7, 11) is 1.84. The van der Waals surface area contributed by atoms with Gasteiger partial charge in [0.1, 0.15) is 5.82 Å². The lowest BCUT2D eigenvalue weighted by Crippen LogP contribution is -2.22. The number of nitrogens with zero attached hydrogens (tertiary/aromatic N) is 2. The van der Waals surface area contributed by atoms with E-state index < -0.39 is 5.82 Å². The summed E-state index contributed by atoms with van der Waals surface area (Å²) < 4.78 is 14.1. The molecule has 3 N–H and O–H groups in total. The molecule has 0 saturated carbocycles. The fraction of sp³-hybridized carbons (Fsp3) is 0.188. The van der Waals surface area contributed by atoms with Crippen molar-refractivity contribution in [3.63, 3.8) is 0 Å². The van der Waals surface area contributed by atoms with Crippen LogP contribution in [0.25, 0.3) is 0 Å². The molecular weight excluding hydrogens is 269 g/mol. The van der Waals surface area contributed by atoms with E-state index in [0.717, 1.165) is 6.42 Å². The molecule has 0 spiro atoms. The van der Waals surface area contributed by atoms with Crippen molar-refractivity contribution in [1.29, 1.82) is 0 Å². The molecule has 0 aliphatic carbocycles. The number of likely N-dealkylation sites (N-methyl/N-ethyl adjacent to an activating group) is 1. The molecule has 0 unspecified atom stereocenters. The molecule has 0 heterocycles. The first kappa shape index (κ1) is 14.8. The van der Waals surface area contributed by atoms with Crippen LogP contribution in [0.3, 0.4) is 0 Å². The maximum atomic E-state index is 14.1. The van der Waals surface area contributed by atoms with Crippen LogP contribution >= 0.6 is 0 Å². The van der Waals surface area contributed by atoms with Crippen LogP contribution in [0.5, 0.6) is 0 Å². The van der Waals surface area contributed by atoms with Crippen molar-refractivity contribution in [1.82, 2.24) is 0 Å². The summed E-state index contributed by atoms with van der Waals surface area (Å²) in [5, 5.41) is 11.5. The third-order valence-corrected chi connectivity index (χ3v) is 3.34. The quantitative estimate of drug-likeness (QED) is 0.384. The van der Waals surface area contributed by atoms with E-state index in [2.05, 4.69) is 5.16 Å². The molecule has 110 valence electrons. The molecule has 2 aromatic rings. The zero-order valence-electron chi connectivity index (χ0n) is 11.8. The van der Waals surface area contributed by atoms with Gasteiger partial charge in [0.25, 0.3) is 0 Å². The van der Waals surface area contributed by atoms with Gasteiger partial charge < -0.3 is 15.8 Å². The molecule has 2 aromatic carbocycles. The predicted octanol–water partition coefficient (Wildman–Crippen LogP) is 2.60. The number of anilines is 1. The molecular formula is C16H18FN3O. The summed E-state index contributed by atoms with van der Waals surface area (Å²) in [5.41, 5.74) is 7.49. The zero-order chi connectivity index (χ0) is 15.2. The van der Waals surface area contributed by atoms with E-state index in [0.29, 0.717) is 17.8 Å². The van der Waals surface area contributed by atoms with Gasteiger partial charge in [0, 0.05) is 19.2 Å². The van der Waals surface area contributed by atoms with E-state index in [4.69, 9.17) is 10.9 Å². The van der Waals surface area contributed by atoms with Gasteiger partial charge in [0.15, 0.2) is 5.84 Å². The number of benzene rings is 2. The van der Waals surface area contributed by atoms with Crippen LogP contribution in [0.4, 0.5) is 10.1 Å². The van der Waals surface area contributed by atoms with Gasteiger partial charge >= 0.3 is 0 Å². The Morgan fingerprint density at radius 1 is 1.24 bits per heavy atom. The first-order valence-corrected chi connectivity index (χ1v) is 6.64. The standard InChI is InChI=1S/C16H18FN3O/c1-20(10-9-12-5-3-2-4-6-12)15-8-7-13(11-14(15)17)16(18)19-21/h2-8,11,21H,9-10H2,1H3,(H2,18,19). The number of oxime groups is 1. The summed E-state index contributed by atoms with van der Waals surface area (Å²) in [6.45, 7) is 0.698. The summed E-state index contributed by atoms with van der Waals surface area (Å²) in [5.74, 6) is -0.498. The number of rotatable bonds is 5. The van der Waals surface area contributed by atoms with Crippen LogP contribution in [0.1, 0.15) is 11.1 Å². The van der Waals surface area contributed by atoms with E-state index in [1.54, 1.807) is 12.1 Å². The molecule has 4 nitrogen and oxygen atoms in total. The largest absolute Gasteiger partial charge is 0.409 e. The van der Waals surface area contributed by atoms with Gasteiger partial charge in [-0.25, -0.2) is 4.39 Å². The van der Waals surface area contributed by atoms with Gasteiger partial charge in [-0.15, -0.1) is 0 Å². The number of nitrogens with two attached hydrogens (primary N) is 1. The normalized spacial score (nSPS) is 11.4. The lowest BCUT2D eigenvalue weighted by Gasteiger charge is -2.20. The van der Waals surface area contributed by atoms with Crippen molar-refractivity contribution in [2.75, 3.05) is 18.5 Å². The lowest BCUT2D eigenvalue weighted by atomic mass is 10.1. The zero-order valence-corrected chi connectivity index (χ0v) is 11.8. The Morgan fingerprint density at radius 3 is 2.57 bits per heavy atom. The summed E-state index contributed by atoms with van der Waals surface area (Å²) in [6, 6.07) is 14.6. The minimum atomic E-state index is -0.394. The second kappa shape index (κ2) is 6.74. The number of hydrogen-bond donors (Lipinski definition) is 2. The van der Waals surface area contributed by atoms with Crippen LogP contribution in [-0.4, -0.2) is 24.6 Å². The molecule has 2 rings (SSSR count). The Bertz CT molecular complexity index is 629. The van der Waals surface area contributed by atoms with Crippen molar-refractivity contribution in [3.8, 4) is 0 Å². The van der Waals surface area contributed by atoms with E-state index in [1.807, 2.05) is 42.3 Å². The van der Waals surface area contributed by atoms with Gasteiger partial charge in [0.2, 0.25) is 0 Å². The third kappa shape index (κ3) is 3.72. The highest BCUT2D eigenvalue weighted by Crippen LogP contribution is 2.19. The minimum absolute atomic E-state index is 0.104. The Balaban J connectivity index is 2.07. The summed E-state index contributed by atoms with van der Waals surface area (Å²) in [4.78, 5) is 1.85. The number of hydrogen-bond acceptors (Lipinski definition) is 3.